The fraction of sp³-hybridized carbons (Fsp3) is 0.174. The van der Waals surface area contributed by atoms with Crippen molar-refractivity contribution in [1.29, 1.82) is 0 Å². The van der Waals surface area contributed by atoms with Gasteiger partial charge in [-0.1, -0.05) is 91.0 Å². The van der Waals surface area contributed by atoms with Crippen LogP contribution in [0.4, 0.5) is 0 Å². The largest absolute Gasteiger partial charge is 0.479 e. The van der Waals surface area contributed by atoms with E-state index in [1.54, 1.807) is 0 Å². The second-order valence-corrected chi connectivity index (χ2v) is 6.15. The van der Waals surface area contributed by atoms with Crippen LogP contribution in [0.1, 0.15) is 16.7 Å². The van der Waals surface area contributed by atoms with Gasteiger partial charge in [0, 0.05) is 7.11 Å². The number of ether oxygens (including phenoxy) is 2. The van der Waals surface area contributed by atoms with E-state index < -0.39 is 17.7 Å². The maximum atomic E-state index is 11.5. The normalized spacial score (nSPS) is 12.5. The van der Waals surface area contributed by atoms with Crippen molar-refractivity contribution in [1.82, 2.24) is 0 Å². The molecule has 3 aromatic carbocycles. The second kappa shape index (κ2) is 8.62. The number of hydrogen-bond acceptors (Lipinski definition) is 3. The van der Waals surface area contributed by atoms with Gasteiger partial charge in [0.05, 0.1) is 6.61 Å². The molecule has 0 aliphatic rings. The second-order valence-electron chi connectivity index (χ2n) is 6.15. The number of aliphatic carboxylic acids is 1. The fourth-order valence-electron chi connectivity index (χ4n) is 3.21. The number of methoxy groups -OCH3 is 1. The standard InChI is InChI=1S/C23H22O4/c1-26-21(22(24)25)17-27-23(18-11-5-2-6-12-18,19-13-7-3-8-14-19)20-15-9-4-10-16-20/h2-16,21H,17H2,1H3,(H,24,25). The van der Waals surface area contributed by atoms with Gasteiger partial charge in [0.25, 0.3) is 0 Å². The lowest BCUT2D eigenvalue weighted by Gasteiger charge is -2.36. The molecular weight excluding hydrogens is 340 g/mol. The van der Waals surface area contributed by atoms with Crippen LogP contribution in [0.5, 0.6) is 0 Å². The highest BCUT2D eigenvalue weighted by molar-refractivity contribution is 5.72. The molecule has 0 heterocycles. The summed E-state index contributed by atoms with van der Waals surface area (Å²) in [6, 6.07) is 29.5. The van der Waals surface area contributed by atoms with Crippen LogP contribution in [0.3, 0.4) is 0 Å². The lowest BCUT2D eigenvalue weighted by molar-refractivity contribution is -0.155. The molecule has 1 atom stereocenters. The lowest BCUT2D eigenvalue weighted by atomic mass is 9.80. The molecule has 0 radical (unpaired) electrons. The summed E-state index contributed by atoms with van der Waals surface area (Å²) in [4.78, 5) is 11.5. The van der Waals surface area contributed by atoms with E-state index >= 15 is 0 Å². The molecule has 4 heteroatoms. The molecule has 0 amide bonds. The van der Waals surface area contributed by atoms with Crippen LogP contribution in [-0.4, -0.2) is 30.9 Å². The number of carboxylic acids is 1. The Balaban J connectivity index is 2.18. The van der Waals surface area contributed by atoms with E-state index in [9.17, 15) is 9.90 Å². The Bertz CT molecular complexity index is 751. The van der Waals surface area contributed by atoms with Crippen LogP contribution < -0.4 is 0 Å². The molecule has 3 rings (SSSR count). The predicted octanol–water partition coefficient (Wildman–Crippen LogP) is 4.09. The third-order valence-corrected chi connectivity index (χ3v) is 4.55. The molecule has 0 aromatic heterocycles. The van der Waals surface area contributed by atoms with Crippen molar-refractivity contribution in [2.45, 2.75) is 11.7 Å². The van der Waals surface area contributed by atoms with Crippen molar-refractivity contribution < 1.29 is 19.4 Å². The molecule has 0 fully saturated rings. The van der Waals surface area contributed by atoms with E-state index in [0.29, 0.717) is 0 Å². The first kappa shape index (κ1) is 18.8. The topological polar surface area (TPSA) is 55.8 Å². The van der Waals surface area contributed by atoms with E-state index in [0.717, 1.165) is 16.7 Å². The van der Waals surface area contributed by atoms with Crippen molar-refractivity contribution in [3.63, 3.8) is 0 Å². The maximum Gasteiger partial charge on any atom is 0.335 e. The quantitative estimate of drug-likeness (QED) is 0.613. The van der Waals surface area contributed by atoms with Crippen LogP contribution in [0.2, 0.25) is 0 Å². The molecule has 0 aliphatic heterocycles. The first-order valence-electron chi connectivity index (χ1n) is 8.74. The lowest BCUT2D eigenvalue weighted by Crippen LogP contribution is -2.38. The van der Waals surface area contributed by atoms with Crippen LogP contribution in [0.25, 0.3) is 0 Å². The Hall–Kier alpha value is -2.95. The van der Waals surface area contributed by atoms with Gasteiger partial charge >= 0.3 is 5.97 Å². The van der Waals surface area contributed by atoms with E-state index in [1.807, 2.05) is 91.0 Å². The van der Waals surface area contributed by atoms with E-state index in [1.165, 1.54) is 7.11 Å². The van der Waals surface area contributed by atoms with Gasteiger partial charge in [-0.3, -0.25) is 0 Å². The van der Waals surface area contributed by atoms with Crippen molar-refractivity contribution in [3.8, 4) is 0 Å². The van der Waals surface area contributed by atoms with Crippen LogP contribution >= 0.6 is 0 Å². The third-order valence-electron chi connectivity index (χ3n) is 4.55. The molecule has 4 nitrogen and oxygen atoms in total. The Morgan fingerprint density at radius 2 is 1.19 bits per heavy atom. The summed E-state index contributed by atoms with van der Waals surface area (Å²) in [5.41, 5.74) is 1.81. The van der Waals surface area contributed by atoms with Gasteiger partial charge < -0.3 is 14.6 Å². The number of carbonyl (C=O) groups is 1. The minimum Gasteiger partial charge on any atom is -0.479 e. The minimum atomic E-state index is -1.06. The van der Waals surface area contributed by atoms with Crippen LogP contribution in [0.15, 0.2) is 91.0 Å². The van der Waals surface area contributed by atoms with Gasteiger partial charge in [-0.25, -0.2) is 4.79 Å². The monoisotopic (exact) mass is 362 g/mol. The van der Waals surface area contributed by atoms with E-state index in [2.05, 4.69) is 0 Å². The average Bonchev–Trinajstić information content (AvgIpc) is 2.73. The zero-order chi connectivity index (χ0) is 19.1. The number of hydrogen-bond donors (Lipinski definition) is 1. The first-order valence-corrected chi connectivity index (χ1v) is 8.74. The Morgan fingerprint density at radius 3 is 1.48 bits per heavy atom. The summed E-state index contributed by atoms with van der Waals surface area (Å²) in [6.07, 6.45) is -1.06. The molecule has 0 aliphatic carbocycles. The molecule has 0 saturated heterocycles. The highest BCUT2D eigenvalue weighted by Gasteiger charge is 2.38. The number of rotatable bonds is 8. The van der Waals surface area contributed by atoms with Gasteiger partial charge in [0.15, 0.2) is 6.10 Å². The zero-order valence-corrected chi connectivity index (χ0v) is 15.1. The Kier molecular flexibility index (Phi) is 6.01. The van der Waals surface area contributed by atoms with E-state index in [-0.39, 0.29) is 6.61 Å². The summed E-state index contributed by atoms with van der Waals surface area (Å²) in [7, 11) is 1.37. The van der Waals surface area contributed by atoms with E-state index in [4.69, 9.17) is 9.47 Å². The predicted molar refractivity (Wildman–Crippen MR) is 104 cm³/mol. The highest BCUT2D eigenvalue weighted by Crippen LogP contribution is 2.40. The summed E-state index contributed by atoms with van der Waals surface area (Å²) in [5.74, 6) is -1.06. The molecule has 0 spiro atoms. The van der Waals surface area contributed by atoms with Gasteiger partial charge in [-0.05, 0) is 16.7 Å². The van der Waals surface area contributed by atoms with Crippen molar-refractivity contribution in [2.24, 2.45) is 0 Å². The smallest absolute Gasteiger partial charge is 0.335 e. The molecule has 27 heavy (non-hydrogen) atoms. The van der Waals surface area contributed by atoms with Crippen molar-refractivity contribution in [3.05, 3.63) is 108 Å². The summed E-state index contributed by atoms with van der Waals surface area (Å²) in [5, 5.41) is 9.38. The van der Waals surface area contributed by atoms with Crippen LogP contribution in [-0.2, 0) is 19.9 Å². The molecule has 1 N–H and O–H groups in total. The van der Waals surface area contributed by atoms with Crippen molar-refractivity contribution >= 4 is 5.97 Å². The Morgan fingerprint density at radius 1 is 0.815 bits per heavy atom. The third kappa shape index (κ3) is 3.92. The average molecular weight is 362 g/mol. The Labute approximate surface area is 159 Å². The zero-order valence-electron chi connectivity index (χ0n) is 15.1. The van der Waals surface area contributed by atoms with Gasteiger partial charge in [0.1, 0.15) is 5.60 Å². The van der Waals surface area contributed by atoms with Crippen LogP contribution in [0, 0.1) is 0 Å². The molecule has 138 valence electrons. The molecule has 0 saturated carbocycles. The fourth-order valence-corrected chi connectivity index (χ4v) is 3.21. The molecule has 0 bridgehead atoms. The van der Waals surface area contributed by atoms with Gasteiger partial charge in [-0.15, -0.1) is 0 Å². The SMILES string of the molecule is COC(COC(c1ccccc1)(c1ccccc1)c1ccccc1)C(=O)O. The number of carboxylic acid groups (broad SMARTS) is 1. The maximum absolute atomic E-state index is 11.5. The van der Waals surface area contributed by atoms with Gasteiger partial charge in [-0.2, -0.15) is 0 Å². The first-order chi connectivity index (χ1) is 13.2. The molecular formula is C23H22O4. The number of benzene rings is 3. The summed E-state index contributed by atoms with van der Waals surface area (Å²) in [6.45, 7) is -0.0927. The summed E-state index contributed by atoms with van der Waals surface area (Å²) < 4.78 is 11.5. The molecule has 1 unspecified atom stereocenters. The summed E-state index contributed by atoms with van der Waals surface area (Å²) >= 11 is 0. The van der Waals surface area contributed by atoms with Crippen molar-refractivity contribution in [2.75, 3.05) is 13.7 Å². The van der Waals surface area contributed by atoms with Gasteiger partial charge in [0.2, 0.25) is 0 Å². The molecule has 3 aromatic rings. The minimum absolute atomic E-state index is 0.0927. The highest BCUT2D eigenvalue weighted by atomic mass is 16.6.